The molecule has 21 heavy (non-hydrogen) atoms. The van der Waals surface area contributed by atoms with Crippen LogP contribution in [0.2, 0.25) is 0 Å². The minimum Gasteiger partial charge on any atom is -0.330 e. The molecule has 2 aliphatic rings. The summed E-state index contributed by atoms with van der Waals surface area (Å²) >= 11 is 0. The lowest BCUT2D eigenvalue weighted by molar-refractivity contribution is 0.0109. The van der Waals surface area contributed by atoms with Gasteiger partial charge >= 0.3 is 0 Å². The monoisotopic (exact) mass is 300 g/mol. The van der Waals surface area contributed by atoms with Gasteiger partial charge in [-0.05, 0) is 31.8 Å². The largest absolute Gasteiger partial charge is 0.330 e. The molecule has 2 aliphatic heterocycles. The summed E-state index contributed by atoms with van der Waals surface area (Å²) in [5, 5.41) is 0. The molecule has 0 atom stereocenters. The van der Waals surface area contributed by atoms with Crippen molar-refractivity contribution in [2.75, 3.05) is 66.0 Å². The van der Waals surface area contributed by atoms with E-state index in [4.69, 9.17) is 5.73 Å². The van der Waals surface area contributed by atoms with Gasteiger partial charge in [0.25, 0.3) is 0 Å². The average Bonchev–Trinajstić information content (AvgIpc) is 2.44. The maximum atomic E-state index is 14.9. The molecule has 2 fully saturated rings. The quantitative estimate of drug-likeness (QED) is 0.822. The summed E-state index contributed by atoms with van der Waals surface area (Å²) in [7, 11) is 2.08. The van der Waals surface area contributed by atoms with Crippen molar-refractivity contribution in [3.8, 4) is 0 Å². The zero-order valence-corrected chi connectivity index (χ0v) is 14.1. The molecule has 5 heteroatoms. The molecule has 4 nitrogen and oxygen atoms in total. The Morgan fingerprint density at radius 1 is 1.00 bits per heavy atom. The van der Waals surface area contributed by atoms with Gasteiger partial charge in [0.05, 0.1) is 0 Å². The normalized spacial score (nSPS) is 26.1. The number of rotatable bonds is 5. The second-order valence-corrected chi connectivity index (χ2v) is 7.87. The maximum Gasteiger partial charge on any atom is 0.126 e. The third-order valence-electron chi connectivity index (χ3n) is 5.06. The molecular weight excluding hydrogens is 267 g/mol. The van der Waals surface area contributed by atoms with Crippen LogP contribution >= 0.6 is 0 Å². The Morgan fingerprint density at radius 3 is 2.05 bits per heavy atom. The molecule has 0 unspecified atom stereocenters. The van der Waals surface area contributed by atoms with Gasteiger partial charge in [-0.2, -0.15) is 0 Å². The van der Waals surface area contributed by atoms with Gasteiger partial charge in [-0.3, -0.25) is 4.90 Å². The van der Waals surface area contributed by atoms with Crippen LogP contribution in [0.15, 0.2) is 0 Å². The van der Waals surface area contributed by atoms with E-state index in [0.717, 1.165) is 45.8 Å². The summed E-state index contributed by atoms with van der Waals surface area (Å²) < 4.78 is 14.9. The molecule has 2 saturated heterocycles. The number of hydrogen-bond acceptors (Lipinski definition) is 4. The molecule has 0 saturated carbocycles. The number of hydrogen-bond donors (Lipinski definition) is 1. The van der Waals surface area contributed by atoms with E-state index in [9.17, 15) is 4.39 Å². The molecule has 0 aromatic rings. The number of piperazine rings is 1. The van der Waals surface area contributed by atoms with Crippen molar-refractivity contribution in [3.05, 3.63) is 0 Å². The van der Waals surface area contributed by atoms with Crippen LogP contribution in [0.4, 0.5) is 4.39 Å². The Labute approximate surface area is 129 Å². The van der Waals surface area contributed by atoms with E-state index in [0.29, 0.717) is 25.9 Å². The predicted molar refractivity (Wildman–Crippen MR) is 86.3 cm³/mol. The maximum absolute atomic E-state index is 14.9. The van der Waals surface area contributed by atoms with Crippen molar-refractivity contribution in [1.29, 1.82) is 0 Å². The van der Waals surface area contributed by atoms with Gasteiger partial charge in [0.2, 0.25) is 0 Å². The Morgan fingerprint density at radius 2 is 1.52 bits per heavy atom. The van der Waals surface area contributed by atoms with Crippen LogP contribution in [0.5, 0.6) is 0 Å². The Bertz CT molecular complexity index is 318. The molecule has 124 valence electrons. The zero-order chi connectivity index (χ0) is 15.5. The first-order valence-electron chi connectivity index (χ1n) is 8.34. The van der Waals surface area contributed by atoms with Crippen LogP contribution in [0.1, 0.15) is 26.7 Å². The Balaban J connectivity index is 1.74. The number of alkyl halides is 1. The molecule has 0 aromatic heterocycles. The molecule has 0 aromatic carbocycles. The molecule has 2 N–H and O–H groups in total. The predicted octanol–water partition coefficient (Wildman–Crippen LogP) is 1.02. The summed E-state index contributed by atoms with van der Waals surface area (Å²) in [5.41, 5.74) is 5.02. The highest BCUT2D eigenvalue weighted by atomic mass is 19.1. The molecule has 2 heterocycles. The second kappa shape index (κ2) is 6.90. The first kappa shape index (κ1) is 17.1. The van der Waals surface area contributed by atoms with E-state index >= 15 is 0 Å². The number of piperidine rings is 1. The number of halogens is 1. The summed E-state index contributed by atoms with van der Waals surface area (Å²) in [5.74, 6) is 0. The third kappa shape index (κ3) is 5.16. The Kier molecular flexibility index (Phi) is 5.63. The van der Waals surface area contributed by atoms with Gasteiger partial charge in [-0.15, -0.1) is 0 Å². The number of nitrogens with two attached hydrogens (primary N) is 1. The van der Waals surface area contributed by atoms with E-state index in [1.165, 1.54) is 0 Å². The van der Waals surface area contributed by atoms with Crippen molar-refractivity contribution in [2.45, 2.75) is 32.4 Å². The lowest BCUT2D eigenvalue weighted by Crippen LogP contribution is -2.54. The highest BCUT2D eigenvalue weighted by molar-refractivity contribution is 4.90. The lowest BCUT2D eigenvalue weighted by Gasteiger charge is -2.42. The smallest absolute Gasteiger partial charge is 0.126 e. The number of nitrogens with zero attached hydrogens (tertiary/aromatic N) is 3. The minimum absolute atomic E-state index is 0.178. The van der Waals surface area contributed by atoms with Gasteiger partial charge in [0, 0.05) is 52.4 Å². The van der Waals surface area contributed by atoms with Gasteiger partial charge in [-0.1, -0.05) is 13.8 Å². The minimum atomic E-state index is -0.967. The molecule has 0 bridgehead atoms. The highest BCUT2D eigenvalue weighted by Gasteiger charge is 2.36. The lowest BCUT2D eigenvalue weighted by atomic mass is 9.92. The van der Waals surface area contributed by atoms with Gasteiger partial charge in [0.15, 0.2) is 0 Å². The van der Waals surface area contributed by atoms with Crippen LogP contribution < -0.4 is 5.73 Å². The van der Waals surface area contributed by atoms with Crippen molar-refractivity contribution < 1.29 is 4.39 Å². The molecule has 2 rings (SSSR count). The Hall–Kier alpha value is -0.230. The number of likely N-dealkylation sites (tertiary alicyclic amines) is 1. The summed E-state index contributed by atoms with van der Waals surface area (Å²) in [6, 6.07) is 0. The standard InChI is InChI=1S/C16H33FN4/c1-15(2,12-18)13-20-8-10-21(11-9-20)14-16(17)4-6-19(3)7-5-16/h4-14,18H2,1-3H3. The van der Waals surface area contributed by atoms with E-state index < -0.39 is 5.67 Å². The fourth-order valence-electron chi connectivity index (χ4n) is 3.35. The SMILES string of the molecule is CN1CCC(F)(CN2CCN(CC(C)(C)CN)CC2)CC1. The molecule has 0 aliphatic carbocycles. The first-order valence-corrected chi connectivity index (χ1v) is 8.34. The summed E-state index contributed by atoms with van der Waals surface area (Å²) in [6.45, 7) is 12.7. The average molecular weight is 300 g/mol. The van der Waals surface area contributed by atoms with Crippen LogP contribution in [0.3, 0.4) is 0 Å². The van der Waals surface area contributed by atoms with E-state index in [-0.39, 0.29) is 5.41 Å². The summed E-state index contributed by atoms with van der Waals surface area (Å²) in [6.07, 6.45) is 1.37. The molecule has 0 spiro atoms. The fourth-order valence-corrected chi connectivity index (χ4v) is 3.35. The first-order chi connectivity index (χ1) is 9.82. The van der Waals surface area contributed by atoms with Gasteiger partial charge in [0.1, 0.15) is 5.67 Å². The zero-order valence-electron chi connectivity index (χ0n) is 14.1. The molecule has 0 radical (unpaired) electrons. The highest BCUT2D eigenvalue weighted by Crippen LogP contribution is 2.27. The van der Waals surface area contributed by atoms with E-state index in [1.54, 1.807) is 0 Å². The molecule has 0 amide bonds. The van der Waals surface area contributed by atoms with E-state index in [2.05, 4.69) is 35.6 Å². The van der Waals surface area contributed by atoms with Crippen molar-refractivity contribution in [3.63, 3.8) is 0 Å². The van der Waals surface area contributed by atoms with Crippen LogP contribution in [-0.2, 0) is 0 Å². The van der Waals surface area contributed by atoms with Crippen molar-refractivity contribution in [2.24, 2.45) is 11.1 Å². The van der Waals surface area contributed by atoms with Crippen LogP contribution in [0, 0.1) is 5.41 Å². The fraction of sp³-hybridized carbons (Fsp3) is 1.00. The van der Waals surface area contributed by atoms with Crippen LogP contribution in [0.25, 0.3) is 0 Å². The third-order valence-corrected chi connectivity index (χ3v) is 5.06. The topological polar surface area (TPSA) is 35.7 Å². The second-order valence-electron chi connectivity index (χ2n) is 7.87. The molecular formula is C16H33FN4. The van der Waals surface area contributed by atoms with Crippen LogP contribution in [-0.4, -0.2) is 86.3 Å². The van der Waals surface area contributed by atoms with Gasteiger partial charge < -0.3 is 15.5 Å². The summed E-state index contributed by atoms with van der Waals surface area (Å²) in [4.78, 5) is 7.02. The van der Waals surface area contributed by atoms with E-state index in [1.807, 2.05) is 0 Å². The van der Waals surface area contributed by atoms with Gasteiger partial charge in [-0.25, -0.2) is 4.39 Å². The van der Waals surface area contributed by atoms with Crippen molar-refractivity contribution >= 4 is 0 Å². The van der Waals surface area contributed by atoms with Crippen molar-refractivity contribution in [1.82, 2.24) is 14.7 Å².